The number of carbonyl (C=O) groups is 4. The average Bonchev–Trinajstić information content (AvgIpc) is 2.33. The quantitative estimate of drug-likeness (QED) is 0.356. The summed E-state index contributed by atoms with van der Waals surface area (Å²) in [6.45, 7) is 0. The van der Waals surface area contributed by atoms with Gasteiger partial charge < -0.3 is 33.1 Å². The third kappa shape index (κ3) is 18.5. The number of hydrogen-bond donors (Lipinski definition) is 4. The first-order chi connectivity index (χ1) is 9.07. The molecule has 0 aromatic carbocycles. The predicted octanol–water partition coefficient (Wildman–Crippen LogP) is -0.488. The van der Waals surface area contributed by atoms with Crippen LogP contribution >= 0.6 is 0 Å². The molecule has 2 atom stereocenters. The Kier molecular flexibility index (Phi) is 15.7. The van der Waals surface area contributed by atoms with Crippen molar-refractivity contribution in [3.63, 3.8) is 0 Å². The van der Waals surface area contributed by atoms with Crippen LogP contribution in [-0.4, -0.2) is 46.0 Å². The van der Waals surface area contributed by atoms with Crippen molar-refractivity contribution in [2.75, 3.05) is 0 Å². The van der Waals surface area contributed by atoms with E-state index in [1.165, 1.54) is 0 Å². The van der Waals surface area contributed by atoms with E-state index < -0.39 is 35.8 Å². The molecule has 0 saturated carbocycles. The van der Waals surface area contributed by atoms with E-state index in [2.05, 4.69) is 0 Å². The SMILES string of the molecule is [NH-]C(CCC(N)=O)C(=O)O.[NH-]C(CCC(N)=O)C(=O)O.[Pt+2]. The summed E-state index contributed by atoms with van der Waals surface area (Å²) in [7, 11) is 0. The van der Waals surface area contributed by atoms with Gasteiger partial charge in [-0.15, -0.1) is 0 Å². The van der Waals surface area contributed by atoms with Crippen LogP contribution in [0.1, 0.15) is 25.7 Å². The molecule has 2 unspecified atom stereocenters. The fourth-order valence-corrected chi connectivity index (χ4v) is 0.820. The summed E-state index contributed by atoms with van der Waals surface area (Å²) in [5, 5.41) is 16.3. The van der Waals surface area contributed by atoms with Crippen molar-refractivity contribution >= 4 is 23.8 Å². The number of primary amides is 2. The molecular formula is C10H18N4O6Pt. The van der Waals surface area contributed by atoms with Gasteiger partial charge in [0.05, 0.1) is 0 Å². The third-order valence-corrected chi connectivity index (χ3v) is 1.96. The first kappa shape index (κ1) is 24.5. The molecule has 0 aliphatic rings. The molecule has 0 rings (SSSR count). The summed E-state index contributed by atoms with van der Waals surface area (Å²) in [4.78, 5) is 40.1. The maximum atomic E-state index is 10.1. The zero-order valence-corrected chi connectivity index (χ0v) is 13.3. The standard InChI is InChI=1S/2C5H9N2O3.Pt/c2*6-3(5(9)10)1-2-4(7)8;/h2*3,6H,1-2H2,(H2,7,8)(H,9,10);/q2*-1;+2. The fourth-order valence-electron chi connectivity index (χ4n) is 0.820. The molecule has 124 valence electrons. The number of nitrogens with two attached hydrogens (primary N) is 2. The first-order valence-electron chi connectivity index (χ1n) is 5.52. The Morgan fingerprint density at radius 3 is 1.19 bits per heavy atom. The summed E-state index contributed by atoms with van der Waals surface area (Å²) in [6, 6.07) is -2.46. The van der Waals surface area contributed by atoms with E-state index in [1.54, 1.807) is 0 Å². The van der Waals surface area contributed by atoms with E-state index in [0.717, 1.165) is 0 Å². The van der Waals surface area contributed by atoms with Crippen LogP contribution in [0.4, 0.5) is 0 Å². The Labute approximate surface area is 135 Å². The monoisotopic (exact) mass is 485 g/mol. The van der Waals surface area contributed by atoms with Gasteiger partial charge in [-0.3, -0.25) is 19.2 Å². The molecule has 0 aliphatic heterocycles. The zero-order chi connectivity index (χ0) is 16.3. The number of carboxylic acid groups (broad SMARTS) is 2. The van der Waals surface area contributed by atoms with Crippen molar-refractivity contribution in [1.82, 2.24) is 0 Å². The largest absolute Gasteiger partial charge is 2.00 e. The van der Waals surface area contributed by atoms with Gasteiger partial charge >= 0.3 is 21.1 Å². The predicted molar refractivity (Wildman–Crippen MR) is 68.3 cm³/mol. The summed E-state index contributed by atoms with van der Waals surface area (Å²) < 4.78 is 0. The summed E-state index contributed by atoms with van der Waals surface area (Å²) in [5.41, 5.74) is 23.1. The maximum absolute atomic E-state index is 10.1. The Balaban J connectivity index is -0.000000295. The minimum Gasteiger partial charge on any atom is -0.665 e. The Morgan fingerprint density at radius 2 is 1.05 bits per heavy atom. The number of amides is 2. The van der Waals surface area contributed by atoms with Gasteiger partial charge in [0, 0.05) is 12.8 Å². The average molecular weight is 485 g/mol. The van der Waals surface area contributed by atoms with Gasteiger partial charge in [-0.1, -0.05) is 12.8 Å². The van der Waals surface area contributed by atoms with Gasteiger partial charge in [0.2, 0.25) is 11.8 Å². The molecule has 8 N–H and O–H groups in total. The molecule has 0 heterocycles. The van der Waals surface area contributed by atoms with E-state index >= 15 is 0 Å². The molecule has 2 amide bonds. The van der Waals surface area contributed by atoms with Crippen LogP contribution in [0.2, 0.25) is 0 Å². The molecule has 11 heteroatoms. The molecule has 0 aromatic rings. The minimum absolute atomic E-state index is 0. The van der Waals surface area contributed by atoms with E-state index in [0.29, 0.717) is 0 Å². The number of hydrogen-bond acceptors (Lipinski definition) is 4. The van der Waals surface area contributed by atoms with Crippen LogP contribution in [0, 0.1) is 0 Å². The Bertz CT molecular complexity index is 331. The molecule has 0 saturated heterocycles. The summed E-state index contributed by atoms with van der Waals surface area (Å²) in [5.74, 6) is -3.58. The van der Waals surface area contributed by atoms with Crippen molar-refractivity contribution in [3.05, 3.63) is 11.5 Å². The van der Waals surface area contributed by atoms with Crippen molar-refractivity contribution in [1.29, 1.82) is 0 Å². The number of rotatable bonds is 8. The molecule has 0 radical (unpaired) electrons. The molecule has 0 fully saturated rings. The Hall–Kier alpha value is -1.51. The number of nitrogens with one attached hydrogen (secondary N) is 2. The van der Waals surface area contributed by atoms with Crippen LogP contribution in [0.3, 0.4) is 0 Å². The summed E-state index contributed by atoms with van der Waals surface area (Å²) in [6.07, 6.45) is -0.101. The van der Waals surface area contributed by atoms with Gasteiger partial charge in [-0.2, -0.15) is 0 Å². The molecule has 0 bridgehead atoms. The van der Waals surface area contributed by atoms with Gasteiger partial charge in [0.25, 0.3) is 11.9 Å². The van der Waals surface area contributed by atoms with Crippen LogP contribution in [0.5, 0.6) is 0 Å². The van der Waals surface area contributed by atoms with Gasteiger partial charge in [-0.05, 0) is 12.1 Å². The molecule has 0 aromatic heterocycles. The van der Waals surface area contributed by atoms with Crippen LogP contribution < -0.4 is 11.5 Å². The molecule has 0 spiro atoms. The van der Waals surface area contributed by atoms with Crippen LogP contribution in [-0.2, 0) is 40.2 Å². The zero-order valence-electron chi connectivity index (χ0n) is 11.0. The second kappa shape index (κ2) is 13.5. The van der Waals surface area contributed by atoms with E-state index in [1.807, 2.05) is 0 Å². The smallest absolute Gasteiger partial charge is 0.665 e. The first-order valence-corrected chi connectivity index (χ1v) is 5.52. The number of carbonyl (C=O) groups excluding carboxylic acids is 2. The van der Waals surface area contributed by atoms with Gasteiger partial charge in [-0.25, -0.2) is 0 Å². The third-order valence-electron chi connectivity index (χ3n) is 1.96. The topological polar surface area (TPSA) is 208 Å². The normalized spacial score (nSPS) is 11.9. The van der Waals surface area contributed by atoms with Crippen molar-refractivity contribution < 1.29 is 50.5 Å². The second-order valence-corrected chi connectivity index (χ2v) is 3.79. The minimum atomic E-state index is -1.23. The van der Waals surface area contributed by atoms with E-state index in [-0.39, 0.29) is 46.7 Å². The van der Waals surface area contributed by atoms with E-state index in [9.17, 15) is 19.2 Å². The Morgan fingerprint density at radius 1 is 0.810 bits per heavy atom. The van der Waals surface area contributed by atoms with Crippen molar-refractivity contribution in [2.45, 2.75) is 37.8 Å². The van der Waals surface area contributed by atoms with Crippen molar-refractivity contribution in [2.24, 2.45) is 11.5 Å². The molecule has 0 aliphatic carbocycles. The molecule has 21 heavy (non-hydrogen) atoms. The maximum Gasteiger partial charge on any atom is 2.00 e. The van der Waals surface area contributed by atoms with Crippen LogP contribution in [0.15, 0.2) is 0 Å². The van der Waals surface area contributed by atoms with E-state index in [4.69, 9.17) is 33.1 Å². The van der Waals surface area contributed by atoms with Gasteiger partial charge in [0.1, 0.15) is 0 Å². The van der Waals surface area contributed by atoms with Gasteiger partial charge in [0.15, 0.2) is 0 Å². The summed E-state index contributed by atoms with van der Waals surface area (Å²) >= 11 is 0. The molecular weight excluding hydrogens is 467 g/mol. The second-order valence-electron chi connectivity index (χ2n) is 3.79. The van der Waals surface area contributed by atoms with Crippen molar-refractivity contribution in [3.8, 4) is 0 Å². The number of aliphatic carboxylic acids is 2. The number of carboxylic acids is 2. The molecule has 10 nitrogen and oxygen atoms in total. The fraction of sp³-hybridized carbons (Fsp3) is 0.600. The van der Waals surface area contributed by atoms with Crippen LogP contribution in [0.25, 0.3) is 11.5 Å².